The first-order valence-electron chi connectivity index (χ1n) is 8.02. The molecule has 0 saturated carbocycles. The minimum Gasteiger partial charge on any atom is -0.332 e. The molecule has 0 saturated heterocycles. The molecular weight excluding hydrogens is 290 g/mol. The lowest BCUT2D eigenvalue weighted by atomic mass is 9.98. The fourth-order valence-corrected chi connectivity index (χ4v) is 2.36. The van der Waals surface area contributed by atoms with Crippen LogP contribution in [0.25, 0.3) is 0 Å². The molecule has 0 spiro atoms. The molecule has 1 aromatic carbocycles. The monoisotopic (exact) mass is 319 g/mol. The second kappa shape index (κ2) is 8.67. The van der Waals surface area contributed by atoms with Gasteiger partial charge in [0, 0.05) is 25.7 Å². The number of anilines is 1. The van der Waals surface area contributed by atoms with Crippen molar-refractivity contribution >= 4 is 17.5 Å². The van der Waals surface area contributed by atoms with Crippen LogP contribution in [-0.4, -0.2) is 55.3 Å². The molecule has 0 aliphatic heterocycles. The summed E-state index contributed by atoms with van der Waals surface area (Å²) in [5, 5.41) is 2.99. The lowest BCUT2D eigenvalue weighted by Crippen LogP contribution is -2.40. The van der Waals surface area contributed by atoms with E-state index in [0.29, 0.717) is 12.5 Å². The van der Waals surface area contributed by atoms with Crippen molar-refractivity contribution in [3.63, 3.8) is 0 Å². The van der Waals surface area contributed by atoms with E-state index in [-0.39, 0.29) is 18.4 Å². The van der Waals surface area contributed by atoms with Gasteiger partial charge < -0.3 is 15.1 Å². The zero-order valence-electron chi connectivity index (χ0n) is 15.1. The van der Waals surface area contributed by atoms with E-state index in [1.807, 2.05) is 44.1 Å². The van der Waals surface area contributed by atoms with Gasteiger partial charge in [0.2, 0.25) is 11.8 Å². The second-order valence-corrected chi connectivity index (χ2v) is 6.49. The molecule has 2 amide bonds. The molecule has 0 aromatic heterocycles. The molecule has 0 unspecified atom stereocenters. The number of nitrogens with one attached hydrogen (secondary N) is 1. The number of para-hydroxylation sites is 1. The highest BCUT2D eigenvalue weighted by molar-refractivity contribution is 5.95. The minimum absolute atomic E-state index is 0.0784. The highest BCUT2D eigenvalue weighted by atomic mass is 16.2. The van der Waals surface area contributed by atoms with Crippen LogP contribution in [0.5, 0.6) is 0 Å². The van der Waals surface area contributed by atoms with Gasteiger partial charge in [-0.25, -0.2) is 0 Å². The number of nitrogens with zero attached hydrogens (tertiary/aromatic N) is 2. The third kappa shape index (κ3) is 6.02. The Labute approximate surface area is 139 Å². The maximum Gasteiger partial charge on any atom is 0.244 e. The highest BCUT2D eigenvalue weighted by Gasteiger charge is 2.16. The van der Waals surface area contributed by atoms with E-state index in [4.69, 9.17) is 0 Å². The summed E-state index contributed by atoms with van der Waals surface area (Å²) in [6.07, 6.45) is 0. The summed E-state index contributed by atoms with van der Waals surface area (Å²) < 4.78 is 0. The van der Waals surface area contributed by atoms with Crippen LogP contribution >= 0.6 is 0 Å². The molecule has 1 aromatic rings. The molecule has 128 valence electrons. The zero-order valence-corrected chi connectivity index (χ0v) is 15.1. The van der Waals surface area contributed by atoms with Crippen LogP contribution in [0.4, 0.5) is 5.69 Å². The van der Waals surface area contributed by atoms with Crippen LogP contribution in [0.3, 0.4) is 0 Å². The topological polar surface area (TPSA) is 52.7 Å². The van der Waals surface area contributed by atoms with Crippen LogP contribution in [0.1, 0.15) is 37.8 Å². The molecule has 0 bridgehead atoms. The molecule has 5 nitrogen and oxygen atoms in total. The van der Waals surface area contributed by atoms with E-state index in [2.05, 4.69) is 19.2 Å². The molecule has 0 aliphatic rings. The lowest BCUT2D eigenvalue weighted by Gasteiger charge is -2.23. The van der Waals surface area contributed by atoms with Gasteiger partial charge in [0.1, 0.15) is 0 Å². The van der Waals surface area contributed by atoms with Crippen molar-refractivity contribution in [2.75, 3.05) is 39.0 Å². The van der Waals surface area contributed by atoms with E-state index < -0.39 is 0 Å². The predicted molar refractivity (Wildman–Crippen MR) is 94.7 cm³/mol. The Kier molecular flexibility index (Phi) is 7.23. The Bertz CT molecular complexity index is 553. The van der Waals surface area contributed by atoms with Crippen molar-refractivity contribution in [2.24, 2.45) is 0 Å². The summed E-state index contributed by atoms with van der Waals surface area (Å²) in [5.41, 5.74) is 3.01. The molecule has 0 fully saturated rings. The SMILES string of the molecule is CC(=O)N(CCN(C)C)CC(=O)Nc1c(C)cccc1C(C)C. The first-order chi connectivity index (χ1) is 10.7. The predicted octanol–water partition coefficient (Wildman–Crippen LogP) is 2.47. The van der Waals surface area contributed by atoms with E-state index in [0.717, 1.165) is 23.4 Å². The normalized spacial score (nSPS) is 11.0. The maximum atomic E-state index is 12.4. The van der Waals surface area contributed by atoms with E-state index in [9.17, 15) is 9.59 Å². The Hall–Kier alpha value is -1.88. The van der Waals surface area contributed by atoms with Gasteiger partial charge in [-0.15, -0.1) is 0 Å². The summed E-state index contributed by atoms with van der Waals surface area (Å²) in [5.74, 6) is 0.0777. The first kappa shape index (κ1) is 19.2. The third-order valence-corrected chi connectivity index (χ3v) is 3.79. The van der Waals surface area contributed by atoms with Crippen LogP contribution in [0.2, 0.25) is 0 Å². The number of rotatable bonds is 7. The highest BCUT2D eigenvalue weighted by Crippen LogP contribution is 2.27. The number of hydrogen-bond acceptors (Lipinski definition) is 3. The molecule has 0 radical (unpaired) electrons. The Morgan fingerprint density at radius 1 is 1.17 bits per heavy atom. The number of benzene rings is 1. The average molecular weight is 319 g/mol. The molecule has 23 heavy (non-hydrogen) atoms. The summed E-state index contributed by atoms with van der Waals surface area (Å²) in [7, 11) is 3.89. The number of likely N-dealkylation sites (N-methyl/N-ethyl adjacent to an activating group) is 1. The third-order valence-electron chi connectivity index (χ3n) is 3.79. The number of aryl methyl sites for hydroxylation is 1. The second-order valence-electron chi connectivity index (χ2n) is 6.49. The summed E-state index contributed by atoms with van der Waals surface area (Å²) in [6, 6.07) is 6.01. The number of carbonyl (C=O) groups is 2. The smallest absolute Gasteiger partial charge is 0.244 e. The Morgan fingerprint density at radius 3 is 2.35 bits per heavy atom. The maximum absolute atomic E-state index is 12.4. The van der Waals surface area contributed by atoms with Crippen LogP contribution in [0, 0.1) is 6.92 Å². The van der Waals surface area contributed by atoms with Gasteiger partial charge in [0.25, 0.3) is 0 Å². The molecular formula is C18H29N3O2. The number of hydrogen-bond donors (Lipinski definition) is 1. The van der Waals surface area contributed by atoms with Crippen molar-refractivity contribution < 1.29 is 9.59 Å². The minimum atomic E-state index is -0.157. The van der Waals surface area contributed by atoms with Gasteiger partial charge >= 0.3 is 0 Å². The van der Waals surface area contributed by atoms with Gasteiger partial charge in [-0.3, -0.25) is 9.59 Å². The molecule has 1 rings (SSSR count). The van der Waals surface area contributed by atoms with Crippen molar-refractivity contribution in [3.8, 4) is 0 Å². The van der Waals surface area contributed by atoms with E-state index in [1.54, 1.807) is 4.90 Å². The standard InChI is InChI=1S/C18H29N3O2/c1-13(2)16-9-7-8-14(3)18(16)19-17(23)12-21(15(4)22)11-10-20(5)6/h7-9,13H,10-12H2,1-6H3,(H,19,23). The van der Waals surface area contributed by atoms with Crippen molar-refractivity contribution in [1.29, 1.82) is 0 Å². The fraction of sp³-hybridized carbons (Fsp3) is 0.556. The Balaban J connectivity index is 2.81. The lowest BCUT2D eigenvalue weighted by molar-refractivity contribution is -0.132. The van der Waals surface area contributed by atoms with Crippen molar-refractivity contribution in [3.05, 3.63) is 29.3 Å². The number of carbonyl (C=O) groups excluding carboxylic acids is 2. The average Bonchev–Trinajstić information content (AvgIpc) is 2.44. The van der Waals surface area contributed by atoms with Gasteiger partial charge in [0.05, 0.1) is 6.54 Å². The van der Waals surface area contributed by atoms with Gasteiger partial charge in [-0.05, 0) is 38.1 Å². The molecule has 0 atom stereocenters. The quantitative estimate of drug-likeness (QED) is 0.840. The molecule has 0 aliphatic carbocycles. The van der Waals surface area contributed by atoms with E-state index in [1.165, 1.54) is 6.92 Å². The van der Waals surface area contributed by atoms with Gasteiger partial charge in [-0.2, -0.15) is 0 Å². The molecule has 5 heteroatoms. The summed E-state index contributed by atoms with van der Waals surface area (Å²) in [6.45, 7) is 9.03. The van der Waals surface area contributed by atoms with E-state index >= 15 is 0 Å². The van der Waals surface area contributed by atoms with Gasteiger partial charge in [0.15, 0.2) is 0 Å². The molecule has 0 heterocycles. The van der Waals surface area contributed by atoms with Crippen LogP contribution in [0.15, 0.2) is 18.2 Å². The zero-order chi connectivity index (χ0) is 17.6. The first-order valence-corrected chi connectivity index (χ1v) is 8.02. The molecule has 1 N–H and O–H groups in total. The summed E-state index contributed by atoms with van der Waals surface area (Å²) >= 11 is 0. The van der Waals surface area contributed by atoms with Crippen molar-refractivity contribution in [1.82, 2.24) is 9.80 Å². The Morgan fingerprint density at radius 2 is 1.83 bits per heavy atom. The fourth-order valence-electron chi connectivity index (χ4n) is 2.36. The van der Waals surface area contributed by atoms with Crippen LogP contribution < -0.4 is 5.32 Å². The van der Waals surface area contributed by atoms with Crippen LogP contribution in [-0.2, 0) is 9.59 Å². The largest absolute Gasteiger partial charge is 0.332 e. The number of amides is 2. The van der Waals surface area contributed by atoms with Gasteiger partial charge in [-0.1, -0.05) is 32.0 Å². The van der Waals surface area contributed by atoms with Crippen molar-refractivity contribution in [2.45, 2.75) is 33.6 Å². The summed E-state index contributed by atoms with van der Waals surface area (Å²) in [4.78, 5) is 27.7.